The van der Waals surface area contributed by atoms with Crippen LogP contribution in [0.2, 0.25) is 0 Å². The van der Waals surface area contributed by atoms with Crippen LogP contribution in [0.5, 0.6) is 0 Å². The lowest BCUT2D eigenvalue weighted by Gasteiger charge is -2.20. The van der Waals surface area contributed by atoms with Crippen LogP contribution in [0.15, 0.2) is 67.0 Å². The van der Waals surface area contributed by atoms with Gasteiger partial charge < -0.3 is 0 Å². The molecule has 1 heterocycles. The molecule has 1 atom stereocenters. The highest BCUT2D eigenvalue weighted by Gasteiger charge is 2.15. The molecule has 26 heavy (non-hydrogen) atoms. The minimum Gasteiger partial charge on any atom is -0.264 e. The number of aromatic nitrogens is 1. The molecule has 0 fully saturated rings. The van der Waals surface area contributed by atoms with Crippen LogP contribution in [0.1, 0.15) is 63.5 Å². The minimum absolute atomic E-state index is 0.546. The van der Waals surface area contributed by atoms with E-state index in [2.05, 4.69) is 87.3 Å². The first-order chi connectivity index (χ1) is 12.6. The Morgan fingerprint density at radius 2 is 1.58 bits per heavy atom. The van der Waals surface area contributed by atoms with E-state index in [9.17, 15) is 0 Å². The lowest BCUT2D eigenvalue weighted by molar-refractivity contribution is 0.651. The van der Waals surface area contributed by atoms with E-state index in [0.29, 0.717) is 11.8 Å². The largest absolute Gasteiger partial charge is 0.264 e. The lowest BCUT2D eigenvalue weighted by Crippen LogP contribution is -2.02. The molecule has 0 spiro atoms. The monoisotopic (exact) mass is 343 g/mol. The van der Waals surface area contributed by atoms with E-state index in [1.54, 1.807) is 0 Å². The van der Waals surface area contributed by atoms with Crippen LogP contribution in [0.4, 0.5) is 0 Å². The predicted molar refractivity (Wildman–Crippen MR) is 113 cm³/mol. The summed E-state index contributed by atoms with van der Waals surface area (Å²) < 4.78 is 0. The maximum atomic E-state index is 4.38. The highest BCUT2D eigenvalue weighted by Crippen LogP contribution is 2.36. The summed E-state index contributed by atoms with van der Waals surface area (Å²) >= 11 is 0. The zero-order valence-electron chi connectivity index (χ0n) is 16.4. The molecule has 3 rings (SSSR count). The molecule has 3 aromatic rings. The first-order valence-electron chi connectivity index (χ1n) is 9.75. The van der Waals surface area contributed by atoms with Crippen LogP contribution in [0, 0.1) is 0 Å². The lowest BCUT2D eigenvalue weighted by atomic mass is 9.84. The van der Waals surface area contributed by atoms with Gasteiger partial charge in [0.15, 0.2) is 0 Å². The summed E-state index contributed by atoms with van der Waals surface area (Å²) in [4.78, 5) is 4.38. The number of benzene rings is 2. The van der Waals surface area contributed by atoms with E-state index in [0.717, 1.165) is 0 Å². The summed E-state index contributed by atoms with van der Waals surface area (Å²) in [6, 6.07) is 19.7. The average Bonchev–Trinajstić information content (AvgIpc) is 2.68. The Hall–Kier alpha value is -2.41. The molecule has 1 unspecified atom stereocenters. The van der Waals surface area contributed by atoms with Crippen molar-refractivity contribution in [2.75, 3.05) is 0 Å². The minimum atomic E-state index is 0.546. The second-order valence-electron chi connectivity index (χ2n) is 7.48. The SMILES string of the molecule is CCCC(C)c1cc(-c2ccncc2-c2ccccc2)ccc1C(C)C. The van der Waals surface area contributed by atoms with Crippen LogP contribution in [-0.4, -0.2) is 4.98 Å². The number of nitrogens with zero attached hydrogens (tertiary/aromatic N) is 1. The van der Waals surface area contributed by atoms with Crippen LogP contribution < -0.4 is 0 Å². The van der Waals surface area contributed by atoms with Crippen molar-refractivity contribution < 1.29 is 0 Å². The average molecular weight is 344 g/mol. The molecule has 134 valence electrons. The van der Waals surface area contributed by atoms with Crippen molar-refractivity contribution in [2.45, 2.75) is 52.4 Å². The topological polar surface area (TPSA) is 12.9 Å². The molecule has 2 aromatic carbocycles. The van der Waals surface area contributed by atoms with Gasteiger partial charge >= 0.3 is 0 Å². The molecule has 0 N–H and O–H groups in total. The van der Waals surface area contributed by atoms with Crippen LogP contribution in [-0.2, 0) is 0 Å². The van der Waals surface area contributed by atoms with Crippen molar-refractivity contribution in [2.24, 2.45) is 0 Å². The second-order valence-corrected chi connectivity index (χ2v) is 7.48. The molecule has 0 aliphatic carbocycles. The standard InChI is InChI=1S/C25H29N/c1-5-9-19(4)24-16-21(12-13-22(24)18(2)3)23-14-15-26-17-25(23)20-10-7-6-8-11-20/h6-8,10-19H,5,9H2,1-4H3. The van der Waals surface area contributed by atoms with Crippen LogP contribution >= 0.6 is 0 Å². The first-order valence-corrected chi connectivity index (χ1v) is 9.75. The van der Waals surface area contributed by atoms with Gasteiger partial charge in [0.1, 0.15) is 0 Å². The van der Waals surface area contributed by atoms with Gasteiger partial charge in [-0.25, -0.2) is 0 Å². The van der Waals surface area contributed by atoms with Crippen molar-refractivity contribution >= 4 is 0 Å². The van der Waals surface area contributed by atoms with Crippen molar-refractivity contribution in [3.63, 3.8) is 0 Å². The van der Waals surface area contributed by atoms with Gasteiger partial charge in [0.25, 0.3) is 0 Å². The molecule has 0 bridgehead atoms. The third-order valence-electron chi connectivity index (χ3n) is 5.18. The van der Waals surface area contributed by atoms with Gasteiger partial charge in [0.05, 0.1) is 0 Å². The van der Waals surface area contributed by atoms with E-state index in [1.807, 2.05) is 12.4 Å². The Kier molecular flexibility index (Phi) is 5.88. The van der Waals surface area contributed by atoms with Crippen molar-refractivity contribution in [3.8, 4) is 22.3 Å². The van der Waals surface area contributed by atoms with Gasteiger partial charge in [-0.3, -0.25) is 4.98 Å². The molecular formula is C25H29N. The van der Waals surface area contributed by atoms with Crippen molar-refractivity contribution in [3.05, 3.63) is 78.1 Å². The van der Waals surface area contributed by atoms with Gasteiger partial charge in [-0.05, 0) is 52.1 Å². The molecule has 0 aliphatic heterocycles. The second kappa shape index (κ2) is 8.31. The van der Waals surface area contributed by atoms with Crippen LogP contribution in [0.3, 0.4) is 0 Å². The number of pyridine rings is 1. The van der Waals surface area contributed by atoms with Crippen molar-refractivity contribution in [1.29, 1.82) is 0 Å². The van der Waals surface area contributed by atoms with Gasteiger partial charge in [0, 0.05) is 18.0 Å². The summed E-state index contributed by atoms with van der Waals surface area (Å²) in [5.41, 5.74) is 7.92. The predicted octanol–water partition coefficient (Wildman–Crippen LogP) is 7.44. The number of hydrogen-bond donors (Lipinski definition) is 0. The Labute approximate surface area is 158 Å². The summed E-state index contributed by atoms with van der Waals surface area (Å²) in [5.74, 6) is 1.13. The van der Waals surface area contributed by atoms with E-state index in [-0.39, 0.29) is 0 Å². The Bertz CT molecular complexity index is 849. The van der Waals surface area contributed by atoms with Gasteiger partial charge in [-0.15, -0.1) is 0 Å². The van der Waals surface area contributed by atoms with Crippen molar-refractivity contribution in [1.82, 2.24) is 4.98 Å². The normalized spacial score (nSPS) is 12.3. The number of hydrogen-bond acceptors (Lipinski definition) is 1. The number of rotatable bonds is 6. The molecule has 1 aromatic heterocycles. The summed E-state index contributed by atoms with van der Waals surface area (Å²) in [5, 5.41) is 0. The smallest absolute Gasteiger partial charge is 0.0352 e. The van der Waals surface area contributed by atoms with Gasteiger partial charge in [-0.1, -0.05) is 82.6 Å². The highest BCUT2D eigenvalue weighted by atomic mass is 14.6. The van der Waals surface area contributed by atoms with Gasteiger partial charge in [0.2, 0.25) is 0 Å². The molecule has 0 radical (unpaired) electrons. The highest BCUT2D eigenvalue weighted by molar-refractivity contribution is 5.83. The van der Waals surface area contributed by atoms with E-state index in [1.165, 1.54) is 46.2 Å². The fraction of sp³-hybridized carbons (Fsp3) is 0.320. The third-order valence-corrected chi connectivity index (χ3v) is 5.18. The summed E-state index contributed by atoms with van der Waals surface area (Å²) in [6.45, 7) is 9.21. The fourth-order valence-corrected chi connectivity index (χ4v) is 3.78. The summed E-state index contributed by atoms with van der Waals surface area (Å²) in [6.07, 6.45) is 6.32. The van der Waals surface area contributed by atoms with E-state index >= 15 is 0 Å². The van der Waals surface area contributed by atoms with E-state index in [4.69, 9.17) is 0 Å². The Balaban J connectivity index is 2.12. The maximum Gasteiger partial charge on any atom is 0.0352 e. The maximum absolute atomic E-state index is 4.38. The van der Waals surface area contributed by atoms with E-state index < -0.39 is 0 Å². The molecule has 0 aliphatic rings. The Morgan fingerprint density at radius 1 is 0.808 bits per heavy atom. The van der Waals surface area contributed by atoms with Gasteiger partial charge in [-0.2, -0.15) is 0 Å². The first kappa shape index (κ1) is 18.4. The van der Waals surface area contributed by atoms with Crippen LogP contribution in [0.25, 0.3) is 22.3 Å². The fourth-order valence-electron chi connectivity index (χ4n) is 3.78. The molecule has 0 saturated heterocycles. The summed E-state index contributed by atoms with van der Waals surface area (Å²) in [7, 11) is 0. The molecule has 1 heteroatoms. The Morgan fingerprint density at radius 3 is 2.27 bits per heavy atom. The molecule has 1 nitrogen and oxygen atoms in total. The third kappa shape index (κ3) is 3.88. The molecule has 0 saturated carbocycles. The quantitative estimate of drug-likeness (QED) is 0.453. The zero-order chi connectivity index (χ0) is 18.5. The molecular weight excluding hydrogens is 314 g/mol. The zero-order valence-corrected chi connectivity index (χ0v) is 16.4. The molecule has 0 amide bonds.